The van der Waals surface area contributed by atoms with Gasteiger partial charge < -0.3 is 5.32 Å². The highest BCUT2D eigenvalue weighted by Crippen LogP contribution is 2.16. The molecule has 0 aromatic rings. The maximum absolute atomic E-state index is 11.7. The predicted molar refractivity (Wildman–Crippen MR) is 68.5 cm³/mol. The third kappa shape index (κ3) is 7.34. The molecule has 0 heterocycles. The summed E-state index contributed by atoms with van der Waals surface area (Å²) in [4.78, 5) is 17.0. The van der Waals surface area contributed by atoms with E-state index in [9.17, 15) is 4.79 Å². The van der Waals surface area contributed by atoms with Crippen molar-refractivity contribution in [3.05, 3.63) is 0 Å². The van der Waals surface area contributed by atoms with Crippen LogP contribution >= 0.6 is 0 Å². The fraction of sp³-hybridized carbons (Fsp3) is 0.923. The van der Waals surface area contributed by atoms with Crippen LogP contribution < -0.4 is 10.8 Å². The van der Waals surface area contributed by atoms with Crippen molar-refractivity contribution in [3.8, 4) is 0 Å². The molecule has 2 N–H and O–H groups in total. The predicted octanol–water partition coefficient (Wildman–Crippen LogP) is 2.15. The van der Waals surface area contributed by atoms with Crippen molar-refractivity contribution < 1.29 is 9.63 Å². The molecule has 1 aliphatic rings. The summed E-state index contributed by atoms with van der Waals surface area (Å²) in [6.07, 6.45) is 7.31. The van der Waals surface area contributed by atoms with Crippen LogP contribution in [-0.4, -0.2) is 24.1 Å². The fourth-order valence-corrected chi connectivity index (χ4v) is 2.02. The molecule has 100 valence electrons. The third-order valence-corrected chi connectivity index (χ3v) is 2.83. The fourth-order valence-electron chi connectivity index (χ4n) is 2.02. The molecule has 0 spiro atoms. The van der Waals surface area contributed by atoms with Crippen LogP contribution in [0.5, 0.6) is 0 Å². The molecule has 0 bridgehead atoms. The van der Waals surface area contributed by atoms with Crippen LogP contribution in [0.15, 0.2) is 0 Å². The SMILES string of the molecule is CC(C)(C)ONCC(=O)NC1CCCCCC1. The first kappa shape index (κ1) is 14.5. The standard InChI is InChI=1S/C13H26N2O2/c1-13(2,3)17-14-10-12(16)15-11-8-6-4-5-7-9-11/h11,14H,4-10H2,1-3H3,(H,15,16). The quantitative estimate of drug-likeness (QED) is 0.586. The van der Waals surface area contributed by atoms with E-state index >= 15 is 0 Å². The highest BCUT2D eigenvalue weighted by molar-refractivity contribution is 5.78. The Hall–Kier alpha value is -0.610. The maximum Gasteiger partial charge on any atom is 0.236 e. The molecule has 0 aromatic carbocycles. The van der Waals surface area contributed by atoms with E-state index in [1.54, 1.807) is 0 Å². The van der Waals surface area contributed by atoms with Gasteiger partial charge in [-0.1, -0.05) is 25.7 Å². The zero-order chi connectivity index (χ0) is 12.7. The molecule has 1 saturated carbocycles. The lowest BCUT2D eigenvalue weighted by Crippen LogP contribution is -2.42. The van der Waals surface area contributed by atoms with Crippen LogP contribution in [0, 0.1) is 0 Å². The van der Waals surface area contributed by atoms with E-state index in [-0.39, 0.29) is 18.1 Å². The monoisotopic (exact) mass is 242 g/mol. The molecule has 1 amide bonds. The van der Waals surface area contributed by atoms with Crippen LogP contribution in [0.4, 0.5) is 0 Å². The van der Waals surface area contributed by atoms with Crippen LogP contribution in [0.3, 0.4) is 0 Å². The second-order valence-electron chi connectivity index (χ2n) is 5.79. The van der Waals surface area contributed by atoms with Crippen molar-refractivity contribution in [2.24, 2.45) is 0 Å². The number of amides is 1. The van der Waals surface area contributed by atoms with Gasteiger partial charge in [-0.15, -0.1) is 0 Å². The molecular formula is C13H26N2O2. The van der Waals surface area contributed by atoms with Gasteiger partial charge in [0.25, 0.3) is 0 Å². The Morgan fingerprint density at radius 2 is 1.76 bits per heavy atom. The van der Waals surface area contributed by atoms with E-state index in [0.717, 1.165) is 12.8 Å². The molecule has 0 aliphatic heterocycles. The molecule has 1 rings (SSSR count). The van der Waals surface area contributed by atoms with Gasteiger partial charge in [-0.2, -0.15) is 5.48 Å². The van der Waals surface area contributed by atoms with Gasteiger partial charge in [0.05, 0.1) is 12.1 Å². The summed E-state index contributed by atoms with van der Waals surface area (Å²) in [5, 5.41) is 3.06. The van der Waals surface area contributed by atoms with Crippen molar-refractivity contribution in [1.29, 1.82) is 0 Å². The molecule has 1 aliphatic carbocycles. The second-order valence-corrected chi connectivity index (χ2v) is 5.79. The first-order valence-corrected chi connectivity index (χ1v) is 6.67. The van der Waals surface area contributed by atoms with Crippen molar-refractivity contribution >= 4 is 5.91 Å². The Bertz CT molecular complexity index is 228. The second kappa shape index (κ2) is 6.97. The maximum atomic E-state index is 11.7. The van der Waals surface area contributed by atoms with E-state index in [0.29, 0.717) is 6.04 Å². The molecule has 0 unspecified atom stereocenters. The average Bonchev–Trinajstić information content (AvgIpc) is 2.44. The highest BCUT2D eigenvalue weighted by atomic mass is 16.7. The van der Waals surface area contributed by atoms with Gasteiger partial charge in [-0.3, -0.25) is 9.63 Å². The minimum Gasteiger partial charge on any atom is -0.352 e. The highest BCUT2D eigenvalue weighted by Gasteiger charge is 2.15. The van der Waals surface area contributed by atoms with Crippen LogP contribution in [0.25, 0.3) is 0 Å². The number of nitrogens with one attached hydrogen (secondary N) is 2. The largest absolute Gasteiger partial charge is 0.352 e. The summed E-state index contributed by atoms with van der Waals surface area (Å²) in [6.45, 7) is 6.07. The summed E-state index contributed by atoms with van der Waals surface area (Å²) in [5.41, 5.74) is 2.46. The zero-order valence-corrected chi connectivity index (χ0v) is 11.3. The first-order valence-electron chi connectivity index (χ1n) is 6.67. The summed E-state index contributed by atoms with van der Waals surface area (Å²) in [5.74, 6) is 0.0288. The summed E-state index contributed by atoms with van der Waals surface area (Å²) in [6, 6.07) is 0.362. The van der Waals surface area contributed by atoms with E-state index in [1.165, 1.54) is 25.7 Å². The Morgan fingerprint density at radius 1 is 1.18 bits per heavy atom. The number of rotatable bonds is 4. The lowest BCUT2D eigenvalue weighted by atomic mass is 10.1. The molecule has 4 heteroatoms. The van der Waals surface area contributed by atoms with Gasteiger partial charge in [0.2, 0.25) is 5.91 Å². The Labute approximate surface area is 104 Å². The minimum absolute atomic E-state index is 0.0288. The summed E-state index contributed by atoms with van der Waals surface area (Å²) >= 11 is 0. The average molecular weight is 242 g/mol. The summed E-state index contributed by atoms with van der Waals surface area (Å²) in [7, 11) is 0. The molecule has 0 saturated heterocycles. The van der Waals surface area contributed by atoms with Gasteiger partial charge in [0, 0.05) is 6.04 Å². The van der Waals surface area contributed by atoms with Gasteiger partial charge in [0.15, 0.2) is 0 Å². The van der Waals surface area contributed by atoms with Crippen molar-refractivity contribution in [1.82, 2.24) is 10.8 Å². The number of carbonyl (C=O) groups excluding carboxylic acids is 1. The Balaban J connectivity index is 2.15. The van der Waals surface area contributed by atoms with E-state index in [2.05, 4.69) is 10.8 Å². The van der Waals surface area contributed by atoms with Crippen molar-refractivity contribution in [2.75, 3.05) is 6.54 Å². The third-order valence-electron chi connectivity index (χ3n) is 2.83. The smallest absolute Gasteiger partial charge is 0.236 e. The molecule has 0 aromatic heterocycles. The molecule has 17 heavy (non-hydrogen) atoms. The van der Waals surface area contributed by atoms with E-state index in [4.69, 9.17) is 4.84 Å². The van der Waals surface area contributed by atoms with Gasteiger partial charge in [-0.25, -0.2) is 0 Å². The number of carbonyl (C=O) groups is 1. The lowest BCUT2D eigenvalue weighted by Gasteiger charge is -2.20. The normalized spacial score (nSPS) is 18.8. The number of hydroxylamine groups is 1. The molecule has 4 nitrogen and oxygen atoms in total. The topological polar surface area (TPSA) is 50.4 Å². The van der Waals surface area contributed by atoms with E-state index < -0.39 is 0 Å². The van der Waals surface area contributed by atoms with Gasteiger partial charge in [0.1, 0.15) is 0 Å². The summed E-state index contributed by atoms with van der Waals surface area (Å²) < 4.78 is 0. The Kier molecular flexibility index (Phi) is 5.92. The molecule has 0 radical (unpaired) electrons. The Morgan fingerprint density at radius 3 is 2.29 bits per heavy atom. The molecule has 1 fully saturated rings. The van der Waals surface area contributed by atoms with Crippen LogP contribution in [0.2, 0.25) is 0 Å². The van der Waals surface area contributed by atoms with Crippen LogP contribution in [0.1, 0.15) is 59.3 Å². The van der Waals surface area contributed by atoms with Crippen molar-refractivity contribution in [3.63, 3.8) is 0 Å². The minimum atomic E-state index is -0.261. The lowest BCUT2D eigenvalue weighted by molar-refractivity contribution is -0.127. The molecular weight excluding hydrogens is 216 g/mol. The van der Waals surface area contributed by atoms with Crippen LogP contribution in [-0.2, 0) is 9.63 Å². The van der Waals surface area contributed by atoms with Gasteiger partial charge in [-0.05, 0) is 33.6 Å². The first-order chi connectivity index (χ1) is 7.97. The van der Waals surface area contributed by atoms with Crippen molar-refractivity contribution in [2.45, 2.75) is 70.9 Å². The van der Waals surface area contributed by atoms with E-state index in [1.807, 2.05) is 20.8 Å². The zero-order valence-electron chi connectivity index (χ0n) is 11.3. The number of hydrogen-bond donors (Lipinski definition) is 2. The number of hydrogen-bond acceptors (Lipinski definition) is 3. The molecule has 0 atom stereocenters. The van der Waals surface area contributed by atoms with Gasteiger partial charge >= 0.3 is 0 Å².